The first kappa shape index (κ1) is 20.8. The molecule has 1 N–H and O–H groups in total. The van der Waals surface area contributed by atoms with E-state index >= 15 is 0 Å². The zero-order chi connectivity index (χ0) is 19.9. The smallest absolute Gasteiger partial charge is 0.357 e. The molecule has 0 atom stereocenters. The van der Waals surface area contributed by atoms with E-state index in [1.54, 1.807) is 12.3 Å². The van der Waals surface area contributed by atoms with Gasteiger partial charge in [-0.2, -0.15) is 0 Å². The summed E-state index contributed by atoms with van der Waals surface area (Å²) < 4.78 is 5.92. The quantitative estimate of drug-likeness (QED) is 0.575. The summed E-state index contributed by atoms with van der Waals surface area (Å²) in [7, 11) is 0. The Morgan fingerprint density at radius 2 is 2.11 bits per heavy atom. The minimum Gasteiger partial charge on any atom is -0.461 e. The van der Waals surface area contributed by atoms with E-state index in [0.717, 1.165) is 40.9 Å². The molecule has 1 saturated carbocycles. The molecule has 2 amide bonds. The number of nitrogens with zero attached hydrogens (tertiary/aromatic N) is 2. The van der Waals surface area contributed by atoms with Crippen LogP contribution in [0.1, 0.15) is 54.5 Å². The van der Waals surface area contributed by atoms with Gasteiger partial charge in [0.15, 0.2) is 5.69 Å². The first-order valence-corrected chi connectivity index (χ1v) is 11.2. The molecule has 1 aliphatic rings. The number of rotatable bonds is 6. The maximum atomic E-state index is 13.1. The van der Waals surface area contributed by atoms with Gasteiger partial charge in [0.05, 0.1) is 13.2 Å². The second-order valence-corrected chi connectivity index (χ2v) is 8.57. The van der Waals surface area contributed by atoms with Gasteiger partial charge in [-0.3, -0.25) is 0 Å². The average molecular weight is 466 g/mol. The molecule has 1 aliphatic carbocycles. The number of anilines is 1. The van der Waals surface area contributed by atoms with Gasteiger partial charge < -0.3 is 15.0 Å². The Labute approximate surface area is 177 Å². The van der Waals surface area contributed by atoms with E-state index in [2.05, 4.69) is 26.2 Å². The zero-order valence-corrected chi connectivity index (χ0v) is 18.2. The first-order valence-electron chi connectivity index (χ1n) is 9.51. The van der Waals surface area contributed by atoms with Crippen molar-refractivity contribution < 1.29 is 14.3 Å². The van der Waals surface area contributed by atoms with Gasteiger partial charge in [0.25, 0.3) is 0 Å². The van der Waals surface area contributed by atoms with E-state index in [-0.39, 0.29) is 12.1 Å². The van der Waals surface area contributed by atoms with Gasteiger partial charge >= 0.3 is 12.0 Å². The molecule has 0 radical (unpaired) electrons. The highest BCUT2D eigenvalue weighted by Gasteiger charge is 2.27. The van der Waals surface area contributed by atoms with E-state index < -0.39 is 5.97 Å². The van der Waals surface area contributed by atoms with E-state index in [1.165, 1.54) is 17.8 Å². The lowest BCUT2D eigenvalue weighted by Gasteiger charge is -2.33. The van der Waals surface area contributed by atoms with Crippen LogP contribution in [0.15, 0.2) is 34.1 Å². The number of ether oxygens (including phenoxy) is 1. The van der Waals surface area contributed by atoms with Crippen LogP contribution in [0.5, 0.6) is 0 Å². The van der Waals surface area contributed by atoms with Crippen LogP contribution in [0.25, 0.3) is 0 Å². The van der Waals surface area contributed by atoms with Crippen LogP contribution < -0.4 is 5.32 Å². The Balaban J connectivity index is 1.75. The summed E-state index contributed by atoms with van der Waals surface area (Å²) in [6.07, 6.45) is 5.43. The molecule has 0 bridgehead atoms. The van der Waals surface area contributed by atoms with Crippen LogP contribution in [0.4, 0.5) is 10.5 Å². The van der Waals surface area contributed by atoms with Crippen molar-refractivity contribution in [3.63, 3.8) is 0 Å². The minimum absolute atomic E-state index is 0.141. The summed E-state index contributed by atoms with van der Waals surface area (Å²) in [5.41, 5.74) is 1.05. The maximum absolute atomic E-state index is 13.1. The van der Waals surface area contributed by atoms with Crippen molar-refractivity contribution >= 4 is 45.0 Å². The fraction of sp³-hybridized carbons (Fsp3) is 0.450. The molecule has 3 rings (SSSR count). The molecule has 0 saturated heterocycles. The number of halogens is 1. The molecule has 1 aromatic carbocycles. The lowest BCUT2D eigenvalue weighted by molar-refractivity contribution is 0.0520. The second kappa shape index (κ2) is 10.0. The molecule has 0 spiro atoms. The predicted octanol–water partition coefficient (Wildman–Crippen LogP) is 5.45. The largest absolute Gasteiger partial charge is 0.461 e. The number of esters is 1. The summed E-state index contributed by atoms with van der Waals surface area (Å²) >= 11 is 4.81. The summed E-state index contributed by atoms with van der Waals surface area (Å²) in [6, 6.07) is 7.58. The molecule has 1 heterocycles. The van der Waals surface area contributed by atoms with Crippen molar-refractivity contribution in [3.8, 4) is 0 Å². The molecule has 2 aromatic rings. The Hall–Kier alpha value is -1.93. The van der Waals surface area contributed by atoms with E-state index in [4.69, 9.17) is 4.74 Å². The summed E-state index contributed by atoms with van der Waals surface area (Å²) in [4.78, 5) is 31.2. The molecular weight excluding hydrogens is 442 g/mol. The normalized spacial score (nSPS) is 14.5. The maximum Gasteiger partial charge on any atom is 0.357 e. The first-order chi connectivity index (χ1) is 13.6. The van der Waals surface area contributed by atoms with Crippen molar-refractivity contribution in [1.82, 2.24) is 9.88 Å². The van der Waals surface area contributed by atoms with Crippen molar-refractivity contribution in [3.05, 3.63) is 44.8 Å². The third kappa shape index (κ3) is 5.54. The lowest BCUT2D eigenvalue weighted by atomic mass is 9.94. The predicted molar refractivity (Wildman–Crippen MR) is 114 cm³/mol. The molecule has 0 aliphatic heterocycles. The standard InChI is InChI=1S/C20H24BrN3O3S/c1-2-27-19(25)17-13-28-18(23-17)12-24(16-9-4-3-5-10-16)20(26)22-15-8-6-7-14(21)11-15/h6-8,11,13,16H,2-5,9-10,12H2,1H3,(H,22,26). The molecule has 1 fully saturated rings. The highest BCUT2D eigenvalue weighted by molar-refractivity contribution is 9.10. The van der Waals surface area contributed by atoms with Gasteiger partial charge in [-0.05, 0) is 38.0 Å². The Kier molecular flexibility index (Phi) is 7.44. The van der Waals surface area contributed by atoms with E-state index in [0.29, 0.717) is 18.8 Å². The van der Waals surface area contributed by atoms with E-state index in [1.807, 2.05) is 29.2 Å². The number of carbonyl (C=O) groups is 2. The van der Waals surface area contributed by atoms with Gasteiger partial charge in [-0.25, -0.2) is 14.6 Å². The van der Waals surface area contributed by atoms with Crippen molar-refractivity contribution in [2.24, 2.45) is 0 Å². The summed E-state index contributed by atoms with van der Waals surface area (Å²) in [5.74, 6) is -0.423. The topological polar surface area (TPSA) is 71.5 Å². The summed E-state index contributed by atoms with van der Waals surface area (Å²) in [5, 5.41) is 5.42. The fourth-order valence-electron chi connectivity index (χ4n) is 3.35. The Bertz CT molecular complexity index is 821. The third-order valence-electron chi connectivity index (χ3n) is 4.69. The van der Waals surface area contributed by atoms with Crippen molar-refractivity contribution in [2.45, 2.75) is 51.6 Å². The Morgan fingerprint density at radius 1 is 1.32 bits per heavy atom. The summed E-state index contributed by atoms with van der Waals surface area (Å²) in [6.45, 7) is 2.46. The van der Waals surface area contributed by atoms with Crippen LogP contribution in [-0.2, 0) is 11.3 Å². The third-order valence-corrected chi connectivity index (χ3v) is 6.02. The number of hydrogen-bond acceptors (Lipinski definition) is 5. The number of hydrogen-bond donors (Lipinski definition) is 1. The van der Waals surface area contributed by atoms with Crippen LogP contribution in [-0.4, -0.2) is 34.5 Å². The molecule has 1 aromatic heterocycles. The fourth-order valence-corrected chi connectivity index (χ4v) is 4.51. The van der Waals surface area contributed by atoms with Crippen LogP contribution in [0.2, 0.25) is 0 Å². The van der Waals surface area contributed by atoms with Gasteiger partial charge in [0.2, 0.25) is 0 Å². The number of aromatic nitrogens is 1. The van der Waals surface area contributed by atoms with Crippen molar-refractivity contribution in [1.29, 1.82) is 0 Å². The molecule has 6 nitrogen and oxygen atoms in total. The molecule has 28 heavy (non-hydrogen) atoms. The molecule has 0 unspecified atom stereocenters. The SMILES string of the molecule is CCOC(=O)c1csc(CN(C(=O)Nc2cccc(Br)c2)C2CCCCC2)n1. The van der Waals surface area contributed by atoms with Gasteiger partial charge in [0.1, 0.15) is 5.01 Å². The molecular formula is C20H24BrN3O3S. The van der Waals surface area contributed by atoms with Gasteiger partial charge in [-0.15, -0.1) is 11.3 Å². The van der Waals surface area contributed by atoms with Crippen LogP contribution in [0.3, 0.4) is 0 Å². The number of carbonyl (C=O) groups excluding carboxylic acids is 2. The number of amides is 2. The monoisotopic (exact) mass is 465 g/mol. The highest BCUT2D eigenvalue weighted by atomic mass is 79.9. The number of nitrogens with one attached hydrogen (secondary N) is 1. The van der Waals surface area contributed by atoms with Gasteiger partial charge in [-0.1, -0.05) is 41.3 Å². The van der Waals surface area contributed by atoms with Gasteiger partial charge in [0, 0.05) is 21.6 Å². The van der Waals surface area contributed by atoms with Crippen molar-refractivity contribution in [2.75, 3.05) is 11.9 Å². The number of benzene rings is 1. The lowest BCUT2D eigenvalue weighted by Crippen LogP contribution is -2.43. The van der Waals surface area contributed by atoms with E-state index in [9.17, 15) is 9.59 Å². The number of urea groups is 1. The second-order valence-electron chi connectivity index (χ2n) is 6.71. The Morgan fingerprint density at radius 3 is 2.82 bits per heavy atom. The number of thiazole rings is 1. The van der Waals surface area contributed by atoms with Crippen LogP contribution in [0, 0.1) is 0 Å². The zero-order valence-electron chi connectivity index (χ0n) is 15.8. The minimum atomic E-state index is -0.423. The highest BCUT2D eigenvalue weighted by Crippen LogP contribution is 2.26. The molecule has 8 heteroatoms. The average Bonchev–Trinajstić information content (AvgIpc) is 3.16. The van der Waals surface area contributed by atoms with Crippen LogP contribution >= 0.6 is 27.3 Å². The molecule has 150 valence electrons.